The van der Waals surface area contributed by atoms with E-state index in [0.717, 1.165) is 0 Å². The first kappa shape index (κ1) is 10.3. The second-order valence-corrected chi connectivity index (χ2v) is 3.65. The molecule has 1 heterocycles. The summed E-state index contributed by atoms with van der Waals surface area (Å²) >= 11 is 0. The fourth-order valence-corrected chi connectivity index (χ4v) is 1.79. The normalized spacial score (nSPS) is 35.0. The van der Waals surface area contributed by atoms with Crippen molar-refractivity contribution in [2.75, 3.05) is 34.5 Å². The summed E-state index contributed by atoms with van der Waals surface area (Å²) in [5, 5.41) is 0. The lowest BCUT2D eigenvalue weighted by Gasteiger charge is -2.21. The van der Waals surface area contributed by atoms with E-state index in [-0.39, 0.29) is 34.5 Å². The van der Waals surface area contributed by atoms with Gasteiger partial charge >= 0.3 is 5.97 Å². The number of hydrogen-bond donors (Lipinski definition) is 0. The van der Waals surface area contributed by atoms with Crippen molar-refractivity contribution in [2.45, 2.75) is 31.3 Å². The Bertz CT molecular complexity index is 293. The Labute approximate surface area is 105 Å². The summed E-state index contributed by atoms with van der Waals surface area (Å²) in [7, 11) is -0.802. The predicted molar refractivity (Wildman–Crippen MR) is 58.8 cm³/mol. The highest BCUT2D eigenvalue weighted by molar-refractivity contribution is 5.65. The Hall–Kier alpha value is -0.690. The SMILES string of the molecule is [2H]COC[C@H]1O[C@@H](COC(C)=O)[C@@H](OC[2H])[C@@H]1OC[2H]. The van der Waals surface area contributed by atoms with E-state index in [1.165, 1.54) is 6.92 Å². The molecule has 0 N–H and O–H groups in total. The lowest BCUT2D eigenvalue weighted by molar-refractivity contribution is -0.147. The summed E-state index contributed by atoms with van der Waals surface area (Å²) in [6.07, 6.45) is -2.32. The molecular formula is C11H20O6. The van der Waals surface area contributed by atoms with Crippen LogP contribution in [0.3, 0.4) is 0 Å². The number of carbonyl (C=O) groups is 1. The summed E-state index contributed by atoms with van der Waals surface area (Å²) in [5.41, 5.74) is 0. The van der Waals surface area contributed by atoms with Gasteiger partial charge in [-0.25, -0.2) is 0 Å². The van der Waals surface area contributed by atoms with Crippen LogP contribution in [-0.4, -0.2) is 64.9 Å². The predicted octanol–water partition coefficient (Wildman–Crippen LogP) is -0.00670. The molecule has 1 saturated heterocycles. The molecule has 0 unspecified atom stereocenters. The van der Waals surface area contributed by atoms with Crippen LogP contribution in [0.25, 0.3) is 0 Å². The Balaban J connectivity index is 2.69. The molecule has 0 aliphatic carbocycles. The van der Waals surface area contributed by atoms with E-state index in [1.807, 2.05) is 0 Å². The van der Waals surface area contributed by atoms with Crippen molar-refractivity contribution in [2.24, 2.45) is 0 Å². The molecule has 0 aromatic rings. The standard InChI is InChI=1S/C11H20O6/c1-7(12)16-6-9-11(15-4)10(14-3)8(17-9)5-13-2/h8-11H,5-6H2,1-4H3/t8-,9+,10-,11-/m1/s1/i2D,3D,4D. The van der Waals surface area contributed by atoms with Gasteiger partial charge in [0.2, 0.25) is 0 Å². The topological polar surface area (TPSA) is 63.2 Å². The fourth-order valence-electron chi connectivity index (χ4n) is 1.79. The van der Waals surface area contributed by atoms with E-state index in [9.17, 15) is 4.79 Å². The molecule has 0 bridgehead atoms. The Morgan fingerprint density at radius 2 is 1.82 bits per heavy atom. The zero-order valence-corrected chi connectivity index (χ0v) is 9.79. The molecule has 0 radical (unpaired) electrons. The molecule has 0 amide bonds. The van der Waals surface area contributed by atoms with Crippen LogP contribution in [0.5, 0.6) is 0 Å². The largest absolute Gasteiger partial charge is 0.463 e. The van der Waals surface area contributed by atoms with Crippen LogP contribution in [0.1, 0.15) is 11.0 Å². The molecule has 1 rings (SSSR count). The molecule has 6 heteroatoms. The first-order chi connectivity index (χ1) is 9.63. The lowest BCUT2D eigenvalue weighted by Crippen LogP contribution is -2.38. The minimum atomic E-state index is -0.614. The second kappa shape index (κ2) is 6.90. The molecule has 1 aliphatic rings. The molecule has 1 fully saturated rings. The highest BCUT2D eigenvalue weighted by atomic mass is 16.6. The minimum absolute atomic E-state index is 0.0186. The molecule has 0 saturated carbocycles. The molecule has 0 aromatic carbocycles. The van der Waals surface area contributed by atoms with Crippen LogP contribution in [0.2, 0.25) is 0 Å². The Morgan fingerprint density at radius 3 is 2.35 bits per heavy atom. The summed E-state index contributed by atoms with van der Waals surface area (Å²) < 4.78 is 47.3. The van der Waals surface area contributed by atoms with Crippen LogP contribution in [0.4, 0.5) is 0 Å². The molecular weight excluding hydrogens is 228 g/mol. The maximum atomic E-state index is 10.9. The van der Waals surface area contributed by atoms with Gasteiger partial charge in [0.1, 0.15) is 31.0 Å². The summed E-state index contributed by atoms with van der Waals surface area (Å²) in [5.74, 6) is -0.443. The van der Waals surface area contributed by atoms with Gasteiger partial charge < -0.3 is 23.7 Å². The average molecular weight is 251 g/mol. The number of methoxy groups -OCH3 is 3. The van der Waals surface area contributed by atoms with Crippen LogP contribution in [0, 0.1) is 0 Å². The highest BCUT2D eigenvalue weighted by Crippen LogP contribution is 2.26. The lowest BCUT2D eigenvalue weighted by atomic mass is 10.1. The zero-order chi connectivity index (χ0) is 15.0. The van der Waals surface area contributed by atoms with E-state index < -0.39 is 30.4 Å². The smallest absolute Gasteiger partial charge is 0.302 e. The van der Waals surface area contributed by atoms with Gasteiger partial charge in [-0.1, -0.05) is 0 Å². The van der Waals surface area contributed by atoms with Gasteiger partial charge in [-0.05, 0) is 0 Å². The molecule has 1 aliphatic heterocycles. The number of hydrogen-bond acceptors (Lipinski definition) is 6. The van der Waals surface area contributed by atoms with E-state index in [2.05, 4.69) is 0 Å². The van der Waals surface area contributed by atoms with E-state index in [4.69, 9.17) is 27.8 Å². The summed E-state index contributed by atoms with van der Waals surface area (Å²) in [4.78, 5) is 10.9. The van der Waals surface area contributed by atoms with Crippen LogP contribution < -0.4 is 0 Å². The van der Waals surface area contributed by atoms with Crippen LogP contribution in [0.15, 0.2) is 0 Å². The number of carbonyl (C=O) groups excluding carboxylic acids is 1. The van der Waals surface area contributed by atoms with Crippen LogP contribution >= 0.6 is 0 Å². The molecule has 0 aromatic heterocycles. The molecule has 4 atom stereocenters. The molecule has 17 heavy (non-hydrogen) atoms. The number of esters is 1. The Kier molecular flexibility index (Phi) is 4.16. The monoisotopic (exact) mass is 251 g/mol. The third kappa shape index (κ3) is 3.64. The number of rotatable bonds is 6. The fraction of sp³-hybridized carbons (Fsp3) is 0.909. The first-order valence-corrected chi connectivity index (χ1v) is 5.11. The third-order valence-corrected chi connectivity index (χ3v) is 2.52. The maximum absolute atomic E-state index is 10.9. The zero-order valence-electron chi connectivity index (χ0n) is 12.8. The van der Waals surface area contributed by atoms with Gasteiger partial charge in [0.05, 0.1) is 10.7 Å². The molecule has 100 valence electrons. The van der Waals surface area contributed by atoms with E-state index in [0.29, 0.717) is 0 Å². The van der Waals surface area contributed by atoms with Gasteiger partial charge in [-0.2, -0.15) is 0 Å². The molecule has 6 nitrogen and oxygen atoms in total. The van der Waals surface area contributed by atoms with Crippen molar-refractivity contribution in [1.29, 1.82) is 0 Å². The number of ether oxygens (including phenoxy) is 5. The van der Waals surface area contributed by atoms with Crippen molar-refractivity contribution in [3.05, 3.63) is 0 Å². The second-order valence-electron chi connectivity index (χ2n) is 3.65. The van der Waals surface area contributed by atoms with Crippen LogP contribution in [-0.2, 0) is 28.5 Å². The van der Waals surface area contributed by atoms with Gasteiger partial charge in [-0.3, -0.25) is 4.79 Å². The van der Waals surface area contributed by atoms with Crippen molar-refractivity contribution < 1.29 is 32.6 Å². The minimum Gasteiger partial charge on any atom is -0.463 e. The van der Waals surface area contributed by atoms with Crippen molar-refractivity contribution in [3.63, 3.8) is 0 Å². The quantitative estimate of drug-likeness (QED) is 0.619. The Morgan fingerprint density at radius 1 is 1.18 bits per heavy atom. The van der Waals surface area contributed by atoms with Gasteiger partial charge in [-0.15, -0.1) is 0 Å². The summed E-state index contributed by atoms with van der Waals surface area (Å²) in [6, 6.07) is 0. The van der Waals surface area contributed by atoms with Crippen molar-refractivity contribution in [3.8, 4) is 0 Å². The van der Waals surface area contributed by atoms with E-state index >= 15 is 0 Å². The first-order valence-electron chi connectivity index (χ1n) is 7.23. The van der Waals surface area contributed by atoms with Crippen molar-refractivity contribution >= 4 is 5.97 Å². The third-order valence-electron chi connectivity index (χ3n) is 2.52. The summed E-state index contributed by atoms with van der Waals surface area (Å²) in [6.45, 7) is 1.38. The maximum Gasteiger partial charge on any atom is 0.302 e. The van der Waals surface area contributed by atoms with Gasteiger partial charge in [0.25, 0.3) is 0 Å². The van der Waals surface area contributed by atoms with Crippen molar-refractivity contribution in [1.82, 2.24) is 0 Å². The average Bonchev–Trinajstić information content (AvgIpc) is 2.73. The molecule has 0 spiro atoms. The highest BCUT2D eigenvalue weighted by Gasteiger charge is 2.45. The van der Waals surface area contributed by atoms with Gasteiger partial charge in [0, 0.05) is 28.2 Å². The van der Waals surface area contributed by atoms with E-state index in [1.54, 1.807) is 0 Å². The van der Waals surface area contributed by atoms with Gasteiger partial charge in [0.15, 0.2) is 0 Å².